The van der Waals surface area contributed by atoms with E-state index in [1.54, 1.807) is 42.5 Å². The zero-order valence-corrected chi connectivity index (χ0v) is 11.4. The first-order valence-corrected chi connectivity index (χ1v) is 6.42. The van der Waals surface area contributed by atoms with Gasteiger partial charge in [0.15, 0.2) is 0 Å². The van der Waals surface area contributed by atoms with Crippen molar-refractivity contribution in [3.63, 3.8) is 0 Å². The molecule has 1 heterocycles. The van der Waals surface area contributed by atoms with Gasteiger partial charge in [0, 0.05) is 0 Å². The molecule has 1 aliphatic heterocycles. The van der Waals surface area contributed by atoms with Gasteiger partial charge < -0.3 is 14.7 Å². The van der Waals surface area contributed by atoms with E-state index in [-0.39, 0.29) is 12.3 Å². The van der Waals surface area contributed by atoms with Crippen molar-refractivity contribution in [2.24, 2.45) is 0 Å². The summed E-state index contributed by atoms with van der Waals surface area (Å²) in [6, 6.07) is 11.5. The van der Waals surface area contributed by atoms with Crippen LogP contribution in [0.2, 0.25) is 0 Å². The minimum Gasteiger partial charge on any atom is -0.508 e. The van der Waals surface area contributed by atoms with E-state index in [1.165, 1.54) is 12.0 Å². The summed E-state index contributed by atoms with van der Waals surface area (Å²) in [5, 5.41) is 9.28. The first-order valence-electron chi connectivity index (χ1n) is 6.42. The number of hydrogen-bond acceptors (Lipinski definition) is 4. The molecule has 0 radical (unpaired) electrons. The lowest BCUT2D eigenvalue weighted by molar-refractivity contribution is -0.114. The number of hydrogen-bond donors (Lipinski definition) is 1. The monoisotopic (exact) mass is 283 g/mol. The third kappa shape index (κ3) is 2.23. The lowest BCUT2D eigenvalue weighted by atomic mass is 10.1. The summed E-state index contributed by atoms with van der Waals surface area (Å²) >= 11 is 0. The van der Waals surface area contributed by atoms with Crippen LogP contribution in [0.5, 0.6) is 11.5 Å². The largest absolute Gasteiger partial charge is 0.508 e. The molecule has 0 saturated heterocycles. The maximum atomic E-state index is 12.1. The molecule has 1 amide bonds. The molecule has 0 unspecified atom stereocenters. The van der Waals surface area contributed by atoms with Crippen LogP contribution >= 0.6 is 0 Å². The van der Waals surface area contributed by atoms with Crippen molar-refractivity contribution in [3.8, 4) is 11.5 Å². The van der Waals surface area contributed by atoms with Gasteiger partial charge in [-0.1, -0.05) is 12.1 Å². The van der Waals surface area contributed by atoms with Gasteiger partial charge in [-0.05, 0) is 35.9 Å². The van der Waals surface area contributed by atoms with E-state index in [2.05, 4.69) is 0 Å². The van der Waals surface area contributed by atoms with Gasteiger partial charge in [0.1, 0.15) is 11.5 Å². The van der Waals surface area contributed by atoms with Crippen LogP contribution in [0.25, 0.3) is 0 Å². The number of benzene rings is 2. The lowest BCUT2D eigenvalue weighted by Gasteiger charge is -2.16. The van der Waals surface area contributed by atoms with E-state index in [0.29, 0.717) is 17.0 Å². The molecule has 0 saturated carbocycles. The second-order valence-corrected chi connectivity index (χ2v) is 4.77. The zero-order chi connectivity index (χ0) is 15.0. The van der Waals surface area contributed by atoms with Gasteiger partial charge in [-0.25, -0.2) is 0 Å². The van der Waals surface area contributed by atoms with E-state index in [4.69, 9.17) is 4.74 Å². The maximum Gasteiger partial charge on any atom is 0.299 e. The van der Waals surface area contributed by atoms with Crippen LogP contribution in [0.15, 0.2) is 42.5 Å². The smallest absolute Gasteiger partial charge is 0.299 e. The fraction of sp³-hybridized carbons (Fsp3) is 0.125. The van der Waals surface area contributed by atoms with Crippen LogP contribution in [0, 0.1) is 0 Å². The Labute approximate surface area is 121 Å². The van der Waals surface area contributed by atoms with Crippen LogP contribution in [0.4, 0.5) is 5.69 Å². The Kier molecular flexibility index (Phi) is 3.10. The Bertz CT molecular complexity index is 722. The standard InChI is InChI=1S/C16H13NO4/c1-21-12-6-7-14-13(8-12)15(19)16(20)17(14)9-10-2-4-11(18)5-3-10/h2-8,18H,9H2,1H3. The molecule has 5 heteroatoms. The van der Waals surface area contributed by atoms with Crippen molar-refractivity contribution in [1.29, 1.82) is 0 Å². The predicted molar refractivity (Wildman–Crippen MR) is 76.6 cm³/mol. The number of fused-ring (bicyclic) bond motifs is 1. The van der Waals surface area contributed by atoms with Crippen molar-refractivity contribution in [2.75, 3.05) is 12.0 Å². The number of phenols is 1. The molecule has 0 aromatic heterocycles. The zero-order valence-electron chi connectivity index (χ0n) is 11.4. The van der Waals surface area contributed by atoms with Gasteiger partial charge in [-0.2, -0.15) is 0 Å². The Balaban J connectivity index is 1.96. The number of carbonyl (C=O) groups excluding carboxylic acids is 2. The summed E-state index contributed by atoms with van der Waals surface area (Å²) < 4.78 is 5.08. The molecule has 1 N–H and O–H groups in total. The number of anilines is 1. The van der Waals surface area contributed by atoms with Crippen LogP contribution in [0.1, 0.15) is 15.9 Å². The molecule has 3 rings (SSSR count). The summed E-state index contributed by atoms with van der Waals surface area (Å²) in [6.07, 6.45) is 0. The first-order chi connectivity index (χ1) is 10.1. The molecule has 0 aliphatic carbocycles. The second-order valence-electron chi connectivity index (χ2n) is 4.77. The van der Waals surface area contributed by atoms with Crippen molar-refractivity contribution < 1.29 is 19.4 Å². The van der Waals surface area contributed by atoms with Crippen molar-refractivity contribution in [2.45, 2.75) is 6.54 Å². The molecule has 0 spiro atoms. The van der Waals surface area contributed by atoms with E-state index in [0.717, 1.165) is 5.56 Å². The normalized spacial score (nSPS) is 13.5. The molecular formula is C16H13NO4. The lowest BCUT2D eigenvalue weighted by Crippen LogP contribution is -2.29. The molecule has 0 atom stereocenters. The van der Waals surface area contributed by atoms with Crippen molar-refractivity contribution in [3.05, 3.63) is 53.6 Å². The molecular weight excluding hydrogens is 270 g/mol. The number of methoxy groups -OCH3 is 1. The van der Waals surface area contributed by atoms with Gasteiger partial charge >= 0.3 is 0 Å². The highest BCUT2D eigenvalue weighted by Gasteiger charge is 2.35. The number of carbonyl (C=O) groups is 2. The Morgan fingerprint density at radius 1 is 1.10 bits per heavy atom. The van der Waals surface area contributed by atoms with Crippen LogP contribution in [0.3, 0.4) is 0 Å². The Morgan fingerprint density at radius 2 is 1.81 bits per heavy atom. The third-order valence-corrected chi connectivity index (χ3v) is 3.46. The minimum absolute atomic E-state index is 0.160. The molecule has 0 fully saturated rings. The quantitative estimate of drug-likeness (QED) is 0.876. The molecule has 5 nitrogen and oxygen atoms in total. The maximum absolute atomic E-state index is 12.1. The number of Topliss-reactive ketones (excluding diaryl/α,β-unsaturated/α-hetero) is 1. The van der Waals surface area contributed by atoms with Crippen LogP contribution in [-0.4, -0.2) is 23.9 Å². The van der Waals surface area contributed by atoms with Gasteiger partial charge in [0.25, 0.3) is 11.7 Å². The fourth-order valence-corrected chi connectivity index (χ4v) is 2.35. The average molecular weight is 283 g/mol. The number of nitrogens with zero attached hydrogens (tertiary/aromatic N) is 1. The number of amides is 1. The Morgan fingerprint density at radius 3 is 2.48 bits per heavy atom. The van der Waals surface area contributed by atoms with Crippen LogP contribution < -0.4 is 9.64 Å². The third-order valence-electron chi connectivity index (χ3n) is 3.46. The molecule has 106 valence electrons. The van der Waals surface area contributed by atoms with Gasteiger partial charge in [-0.15, -0.1) is 0 Å². The van der Waals surface area contributed by atoms with E-state index in [1.807, 2.05) is 0 Å². The second kappa shape index (κ2) is 4.94. The summed E-state index contributed by atoms with van der Waals surface area (Å²) in [4.78, 5) is 25.6. The van der Waals surface area contributed by atoms with E-state index in [9.17, 15) is 14.7 Å². The highest BCUT2D eigenvalue weighted by atomic mass is 16.5. The topological polar surface area (TPSA) is 66.8 Å². The highest BCUT2D eigenvalue weighted by molar-refractivity contribution is 6.52. The molecule has 2 aromatic rings. The van der Waals surface area contributed by atoms with Gasteiger partial charge in [-0.3, -0.25) is 9.59 Å². The molecule has 0 bridgehead atoms. The number of ketones is 1. The van der Waals surface area contributed by atoms with Gasteiger partial charge in [0.2, 0.25) is 0 Å². The molecule has 2 aromatic carbocycles. The van der Waals surface area contributed by atoms with Crippen molar-refractivity contribution >= 4 is 17.4 Å². The Hall–Kier alpha value is -2.82. The number of phenolic OH excluding ortho intramolecular Hbond substituents is 1. The summed E-state index contributed by atoms with van der Waals surface area (Å²) in [5.41, 5.74) is 1.77. The minimum atomic E-state index is -0.550. The SMILES string of the molecule is COc1ccc2c(c1)C(=O)C(=O)N2Cc1ccc(O)cc1. The number of rotatable bonds is 3. The van der Waals surface area contributed by atoms with Crippen molar-refractivity contribution in [1.82, 2.24) is 0 Å². The van der Waals surface area contributed by atoms with E-state index < -0.39 is 11.7 Å². The van der Waals surface area contributed by atoms with Crippen LogP contribution in [-0.2, 0) is 11.3 Å². The molecule has 1 aliphatic rings. The summed E-state index contributed by atoms with van der Waals surface area (Å²) in [5.74, 6) is -0.372. The average Bonchev–Trinajstić information content (AvgIpc) is 2.74. The number of ether oxygens (including phenoxy) is 1. The molecule has 21 heavy (non-hydrogen) atoms. The summed E-state index contributed by atoms with van der Waals surface area (Å²) in [7, 11) is 1.51. The van der Waals surface area contributed by atoms with E-state index >= 15 is 0 Å². The predicted octanol–water partition coefficient (Wildman–Crippen LogP) is 2.13. The summed E-state index contributed by atoms with van der Waals surface area (Å²) in [6.45, 7) is 0.282. The fourth-order valence-electron chi connectivity index (χ4n) is 2.35. The highest BCUT2D eigenvalue weighted by Crippen LogP contribution is 2.33. The number of aromatic hydroxyl groups is 1. The first kappa shape index (κ1) is 13.2. The van der Waals surface area contributed by atoms with Gasteiger partial charge in [0.05, 0.1) is 24.9 Å².